The molecule has 5 nitrogen and oxygen atoms in total. The van der Waals surface area contributed by atoms with Gasteiger partial charge in [-0.3, -0.25) is 4.79 Å². The number of nitrogens with one attached hydrogen (secondary N) is 1. The molecule has 0 saturated heterocycles. The second-order valence-electron chi connectivity index (χ2n) is 4.37. The highest BCUT2D eigenvalue weighted by atomic mass is 79.9. The van der Waals surface area contributed by atoms with Gasteiger partial charge in [-0.25, -0.2) is 4.98 Å². The fraction of sp³-hybridized carbons (Fsp3) is 0.0667. The van der Waals surface area contributed by atoms with E-state index >= 15 is 0 Å². The number of aromatic nitrogens is 1. The number of nitrogens with zero attached hydrogens (tertiary/aromatic N) is 1. The van der Waals surface area contributed by atoms with Crippen molar-refractivity contribution in [1.29, 1.82) is 0 Å². The van der Waals surface area contributed by atoms with Gasteiger partial charge in [0.1, 0.15) is 5.76 Å². The van der Waals surface area contributed by atoms with E-state index in [1.54, 1.807) is 18.2 Å². The summed E-state index contributed by atoms with van der Waals surface area (Å²) in [4.78, 5) is 16.3. The van der Waals surface area contributed by atoms with E-state index in [9.17, 15) is 4.79 Å². The minimum Gasteiger partial charge on any atom is -0.458 e. The number of anilines is 1. The van der Waals surface area contributed by atoms with Crippen LogP contribution in [0.5, 0.6) is 0 Å². The predicted molar refractivity (Wildman–Crippen MR) is 81.0 cm³/mol. The molecule has 2 heterocycles. The van der Waals surface area contributed by atoms with Crippen molar-refractivity contribution in [3.63, 3.8) is 0 Å². The van der Waals surface area contributed by atoms with Crippen LogP contribution in [0.3, 0.4) is 0 Å². The average Bonchev–Trinajstić information content (AvgIpc) is 3.09. The van der Waals surface area contributed by atoms with Gasteiger partial charge in [-0.05, 0) is 47.1 Å². The highest BCUT2D eigenvalue weighted by Crippen LogP contribution is 2.27. The van der Waals surface area contributed by atoms with Gasteiger partial charge >= 0.3 is 0 Å². The lowest BCUT2D eigenvalue weighted by molar-refractivity contribution is 0.102. The number of hydrogen-bond donors (Lipinski definition) is 1. The Morgan fingerprint density at radius 3 is 2.76 bits per heavy atom. The van der Waals surface area contributed by atoms with Gasteiger partial charge in [0.25, 0.3) is 5.91 Å². The molecule has 0 bridgehead atoms. The van der Waals surface area contributed by atoms with E-state index in [0.717, 1.165) is 10.2 Å². The van der Waals surface area contributed by atoms with Gasteiger partial charge in [-0.15, -0.1) is 0 Å². The second-order valence-corrected chi connectivity index (χ2v) is 5.23. The molecule has 0 unspecified atom stereocenters. The highest BCUT2D eigenvalue weighted by Gasteiger charge is 2.21. The van der Waals surface area contributed by atoms with E-state index in [0.29, 0.717) is 17.2 Å². The monoisotopic (exact) mass is 346 g/mol. The van der Waals surface area contributed by atoms with Crippen molar-refractivity contribution in [2.24, 2.45) is 0 Å². The maximum atomic E-state index is 12.3. The van der Waals surface area contributed by atoms with Crippen LogP contribution in [-0.4, -0.2) is 10.9 Å². The van der Waals surface area contributed by atoms with Crippen LogP contribution >= 0.6 is 15.9 Å². The number of halogens is 1. The lowest BCUT2D eigenvalue weighted by Crippen LogP contribution is -2.13. The molecule has 6 heteroatoms. The molecule has 106 valence electrons. The summed E-state index contributed by atoms with van der Waals surface area (Å²) in [6.45, 7) is 1.82. The first kappa shape index (κ1) is 13.6. The Morgan fingerprint density at radius 2 is 2.05 bits per heavy atom. The molecular formula is C15H11BrN2O3. The van der Waals surface area contributed by atoms with E-state index < -0.39 is 0 Å². The highest BCUT2D eigenvalue weighted by molar-refractivity contribution is 9.10. The van der Waals surface area contributed by atoms with Gasteiger partial charge in [-0.1, -0.05) is 12.1 Å². The van der Waals surface area contributed by atoms with Crippen molar-refractivity contribution < 1.29 is 13.6 Å². The molecule has 1 aromatic carbocycles. The van der Waals surface area contributed by atoms with Crippen molar-refractivity contribution in [1.82, 2.24) is 4.98 Å². The molecule has 0 radical (unpaired) electrons. The van der Waals surface area contributed by atoms with Crippen LogP contribution < -0.4 is 5.32 Å². The van der Waals surface area contributed by atoms with Gasteiger partial charge in [0.15, 0.2) is 17.8 Å². The molecule has 21 heavy (non-hydrogen) atoms. The molecule has 3 aromatic rings. The average molecular weight is 347 g/mol. The summed E-state index contributed by atoms with van der Waals surface area (Å²) in [6, 6.07) is 10.9. The van der Waals surface area contributed by atoms with Crippen molar-refractivity contribution in [3.8, 4) is 11.5 Å². The van der Waals surface area contributed by atoms with Gasteiger partial charge in [0, 0.05) is 4.47 Å². The van der Waals surface area contributed by atoms with E-state index in [2.05, 4.69) is 26.2 Å². The van der Waals surface area contributed by atoms with Crippen LogP contribution in [0.15, 0.2) is 56.1 Å². The molecule has 2 aromatic heterocycles. The van der Waals surface area contributed by atoms with E-state index in [-0.39, 0.29) is 11.6 Å². The molecule has 0 saturated carbocycles. The molecule has 0 aliphatic rings. The Hall–Kier alpha value is -2.34. The van der Waals surface area contributed by atoms with Gasteiger partial charge in [0.2, 0.25) is 5.76 Å². The van der Waals surface area contributed by atoms with Crippen molar-refractivity contribution >= 4 is 27.5 Å². The zero-order chi connectivity index (χ0) is 14.8. The first-order chi connectivity index (χ1) is 10.1. The zero-order valence-electron chi connectivity index (χ0n) is 11.1. The first-order valence-corrected chi connectivity index (χ1v) is 7.00. The molecule has 0 fully saturated rings. The molecule has 1 amide bonds. The van der Waals surface area contributed by atoms with Crippen LogP contribution in [0.4, 0.5) is 5.69 Å². The van der Waals surface area contributed by atoms with Crippen LogP contribution in [-0.2, 0) is 0 Å². The van der Waals surface area contributed by atoms with Crippen LogP contribution in [0.2, 0.25) is 0 Å². The summed E-state index contributed by atoms with van der Waals surface area (Å²) in [5.41, 5.74) is 0.840. The number of amides is 1. The SMILES string of the molecule is Cc1ccc(-c2ocnc2C(=O)Nc2ccccc2Br)o1. The van der Waals surface area contributed by atoms with Crippen molar-refractivity contribution in [2.75, 3.05) is 5.32 Å². The summed E-state index contributed by atoms with van der Waals surface area (Å²) in [5.74, 6) is 1.16. The minimum atomic E-state index is -0.361. The number of oxazole rings is 1. The third kappa shape index (κ3) is 2.75. The maximum absolute atomic E-state index is 12.3. The Balaban J connectivity index is 1.90. The zero-order valence-corrected chi connectivity index (χ0v) is 12.7. The quantitative estimate of drug-likeness (QED) is 0.769. The van der Waals surface area contributed by atoms with Crippen LogP contribution in [0, 0.1) is 6.92 Å². The van der Waals surface area contributed by atoms with Crippen molar-refractivity contribution in [2.45, 2.75) is 6.92 Å². The number of furan rings is 1. The van der Waals surface area contributed by atoms with Crippen LogP contribution in [0.1, 0.15) is 16.2 Å². The van der Waals surface area contributed by atoms with E-state index in [1.165, 1.54) is 6.39 Å². The Kier molecular flexibility index (Phi) is 3.62. The number of para-hydroxylation sites is 1. The van der Waals surface area contributed by atoms with Crippen LogP contribution in [0.25, 0.3) is 11.5 Å². The Labute approximate surface area is 129 Å². The topological polar surface area (TPSA) is 68.3 Å². The maximum Gasteiger partial charge on any atom is 0.278 e. The van der Waals surface area contributed by atoms with Crippen molar-refractivity contribution in [3.05, 3.63) is 58.7 Å². The molecule has 0 spiro atoms. The molecule has 0 aliphatic carbocycles. The number of carbonyl (C=O) groups excluding carboxylic acids is 1. The smallest absolute Gasteiger partial charge is 0.278 e. The number of aryl methyl sites for hydroxylation is 1. The number of hydrogen-bond acceptors (Lipinski definition) is 4. The molecule has 0 atom stereocenters. The summed E-state index contributed by atoms with van der Waals surface area (Å²) >= 11 is 3.38. The normalized spacial score (nSPS) is 10.6. The fourth-order valence-electron chi connectivity index (χ4n) is 1.88. The largest absolute Gasteiger partial charge is 0.458 e. The third-order valence-corrected chi connectivity index (χ3v) is 3.56. The Bertz CT molecular complexity index is 792. The van der Waals surface area contributed by atoms with E-state index in [4.69, 9.17) is 8.83 Å². The molecular weight excluding hydrogens is 336 g/mol. The van der Waals surface area contributed by atoms with Gasteiger partial charge in [0.05, 0.1) is 5.69 Å². The second kappa shape index (κ2) is 5.57. The first-order valence-electron chi connectivity index (χ1n) is 6.21. The number of benzene rings is 1. The molecule has 0 aliphatic heterocycles. The summed E-state index contributed by atoms with van der Waals surface area (Å²) in [7, 11) is 0. The lowest BCUT2D eigenvalue weighted by atomic mass is 10.2. The third-order valence-electron chi connectivity index (χ3n) is 2.87. The molecule has 3 rings (SSSR count). The number of rotatable bonds is 3. The molecule has 1 N–H and O–H groups in total. The summed E-state index contributed by atoms with van der Waals surface area (Å²) in [6.07, 6.45) is 1.22. The summed E-state index contributed by atoms with van der Waals surface area (Å²) < 4.78 is 11.5. The lowest BCUT2D eigenvalue weighted by Gasteiger charge is -2.05. The predicted octanol–water partition coefficient (Wildman–Crippen LogP) is 4.26. The fourth-order valence-corrected chi connectivity index (χ4v) is 2.27. The van der Waals surface area contributed by atoms with Gasteiger partial charge < -0.3 is 14.2 Å². The van der Waals surface area contributed by atoms with Gasteiger partial charge in [-0.2, -0.15) is 0 Å². The van der Waals surface area contributed by atoms with E-state index in [1.807, 2.05) is 25.1 Å². The standard InChI is InChI=1S/C15H11BrN2O3/c1-9-6-7-12(21-9)14-13(17-8-20-14)15(19)18-11-5-3-2-4-10(11)16/h2-8H,1H3,(H,18,19). The minimum absolute atomic E-state index is 0.181. The Morgan fingerprint density at radius 1 is 1.24 bits per heavy atom. The summed E-state index contributed by atoms with van der Waals surface area (Å²) in [5, 5.41) is 2.78. The number of carbonyl (C=O) groups is 1.